The van der Waals surface area contributed by atoms with E-state index in [0.717, 1.165) is 24.2 Å². The van der Waals surface area contributed by atoms with Crippen LogP contribution in [0, 0.1) is 0 Å². The van der Waals surface area contributed by atoms with Crippen molar-refractivity contribution in [2.24, 2.45) is 0 Å². The number of carbonyl (C=O) groups excluding carboxylic acids is 2. The highest BCUT2D eigenvalue weighted by Gasteiger charge is 2.43. The number of likely N-dealkylation sites (tertiary alicyclic amines) is 1. The molecule has 0 saturated carbocycles. The monoisotopic (exact) mass is 394 g/mol. The quantitative estimate of drug-likeness (QED) is 0.733. The highest BCUT2D eigenvalue weighted by Crippen LogP contribution is 2.36. The number of amides is 2. The van der Waals surface area contributed by atoms with Gasteiger partial charge in [0.1, 0.15) is 5.75 Å². The molecule has 0 radical (unpaired) electrons. The molecule has 1 saturated heterocycles. The summed E-state index contributed by atoms with van der Waals surface area (Å²) in [5, 5.41) is 3.16. The van der Waals surface area contributed by atoms with Crippen LogP contribution in [0.1, 0.15) is 37.3 Å². The van der Waals surface area contributed by atoms with Gasteiger partial charge in [-0.25, -0.2) is 0 Å². The van der Waals surface area contributed by atoms with Crippen LogP contribution in [0.15, 0.2) is 54.6 Å². The zero-order chi connectivity index (χ0) is 20.7. The van der Waals surface area contributed by atoms with Gasteiger partial charge in [0.15, 0.2) is 0 Å². The molecular formula is C24H30N2O3. The average Bonchev–Trinajstić information content (AvgIpc) is 2.77. The fourth-order valence-corrected chi connectivity index (χ4v) is 4.06. The highest BCUT2D eigenvalue weighted by atomic mass is 16.5. The molecule has 2 aromatic carbocycles. The number of ether oxygens (including phenoxy) is 1. The van der Waals surface area contributed by atoms with E-state index in [9.17, 15) is 9.59 Å². The molecule has 154 valence electrons. The van der Waals surface area contributed by atoms with E-state index in [1.165, 1.54) is 5.56 Å². The summed E-state index contributed by atoms with van der Waals surface area (Å²) in [5.41, 5.74) is 1.70. The number of methoxy groups -OCH3 is 1. The predicted octanol–water partition coefficient (Wildman–Crippen LogP) is 3.32. The molecule has 5 nitrogen and oxygen atoms in total. The van der Waals surface area contributed by atoms with Crippen molar-refractivity contribution in [3.63, 3.8) is 0 Å². The van der Waals surface area contributed by atoms with Gasteiger partial charge in [-0.1, -0.05) is 42.5 Å². The van der Waals surface area contributed by atoms with E-state index in [4.69, 9.17) is 4.74 Å². The molecule has 0 spiro atoms. The first-order valence-electron chi connectivity index (χ1n) is 10.3. The van der Waals surface area contributed by atoms with Crippen LogP contribution in [0.4, 0.5) is 0 Å². The fourth-order valence-electron chi connectivity index (χ4n) is 4.06. The Balaban J connectivity index is 1.60. The summed E-state index contributed by atoms with van der Waals surface area (Å²) in [6.45, 7) is 3.46. The van der Waals surface area contributed by atoms with Gasteiger partial charge in [0.05, 0.1) is 12.5 Å². The molecule has 2 amide bonds. The predicted molar refractivity (Wildman–Crippen MR) is 114 cm³/mol. The van der Waals surface area contributed by atoms with E-state index in [-0.39, 0.29) is 11.8 Å². The van der Waals surface area contributed by atoms with Gasteiger partial charge < -0.3 is 15.0 Å². The van der Waals surface area contributed by atoms with Crippen LogP contribution in [-0.4, -0.2) is 43.5 Å². The molecule has 3 rings (SSSR count). The maximum absolute atomic E-state index is 13.3. The van der Waals surface area contributed by atoms with Crippen molar-refractivity contribution in [2.45, 2.75) is 38.0 Å². The van der Waals surface area contributed by atoms with Crippen molar-refractivity contribution in [3.8, 4) is 5.75 Å². The summed E-state index contributed by atoms with van der Waals surface area (Å²) in [6, 6.07) is 18.0. The third kappa shape index (κ3) is 4.97. The Morgan fingerprint density at radius 3 is 2.28 bits per heavy atom. The smallest absolute Gasteiger partial charge is 0.230 e. The molecular weight excluding hydrogens is 364 g/mol. The van der Waals surface area contributed by atoms with E-state index < -0.39 is 5.41 Å². The molecule has 1 aliphatic rings. The lowest BCUT2D eigenvalue weighted by Crippen LogP contribution is -2.52. The Bertz CT molecular complexity index is 810. The van der Waals surface area contributed by atoms with Gasteiger partial charge in [-0.05, 0) is 48.9 Å². The number of rotatable bonds is 7. The van der Waals surface area contributed by atoms with Gasteiger partial charge in [-0.15, -0.1) is 0 Å². The Morgan fingerprint density at radius 1 is 1.03 bits per heavy atom. The number of hydrogen-bond acceptors (Lipinski definition) is 3. The molecule has 1 N–H and O–H groups in total. The van der Waals surface area contributed by atoms with Crippen molar-refractivity contribution in [1.29, 1.82) is 0 Å². The van der Waals surface area contributed by atoms with Crippen molar-refractivity contribution in [1.82, 2.24) is 10.2 Å². The minimum Gasteiger partial charge on any atom is -0.497 e. The van der Waals surface area contributed by atoms with Crippen molar-refractivity contribution < 1.29 is 14.3 Å². The standard InChI is InChI=1S/C24H30N2O3/c1-19(27)26-17-14-24(15-18-26,21-8-4-3-5-9-21)23(28)25-16-6-7-20-10-12-22(29-2)13-11-20/h3-5,8-13H,6-7,14-18H2,1-2H3,(H,25,28). The minimum atomic E-state index is -0.562. The van der Waals surface area contributed by atoms with E-state index in [1.807, 2.05) is 47.4 Å². The van der Waals surface area contributed by atoms with Gasteiger partial charge in [0.25, 0.3) is 0 Å². The second-order valence-electron chi connectivity index (χ2n) is 7.66. The van der Waals surface area contributed by atoms with Crippen molar-refractivity contribution in [2.75, 3.05) is 26.7 Å². The van der Waals surface area contributed by atoms with Gasteiger partial charge in [0, 0.05) is 26.6 Å². The number of hydrogen-bond donors (Lipinski definition) is 1. The second-order valence-corrected chi connectivity index (χ2v) is 7.66. The van der Waals surface area contributed by atoms with Crippen LogP contribution in [0.25, 0.3) is 0 Å². The molecule has 0 aromatic heterocycles. The Morgan fingerprint density at radius 2 is 1.69 bits per heavy atom. The Labute approximate surface area is 173 Å². The number of nitrogens with one attached hydrogen (secondary N) is 1. The summed E-state index contributed by atoms with van der Waals surface area (Å²) < 4.78 is 5.19. The first-order valence-corrected chi connectivity index (χ1v) is 10.3. The number of benzene rings is 2. The molecule has 1 fully saturated rings. The van der Waals surface area contributed by atoms with Gasteiger partial charge in [-0.2, -0.15) is 0 Å². The van der Waals surface area contributed by atoms with Crippen molar-refractivity contribution in [3.05, 3.63) is 65.7 Å². The molecule has 0 unspecified atom stereocenters. The summed E-state index contributed by atoms with van der Waals surface area (Å²) in [6.07, 6.45) is 3.09. The summed E-state index contributed by atoms with van der Waals surface area (Å²) in [7, 11) is 1.66. The lowest BCUT2D eigenvalue weighted by molar-refractivity contribution is -0.135. The molecule has 1 heterocycles. The SMILES string of the molecule is COc1ccc(CCCNC(=O)C2(c3ccccc3)CCN(C(C)=O)CC2)cc1. The van der Waals surface area contributed by atoms with Crippen LogP contribution >= 0.6 is 0 Å². The normalized spacial score (nSPS) is 15.6. The van der Waals surface area contributed by atoms with Crippen LogP contribution in [0.5, 0.6) is 5.75 Å². The maximum atomic E-state index is 13.3. The molecule has 0 bridgehead atoms. The van der Waals surface area contributed by atoms with Gasteiger partial charge in [0.2, 0.25) is 11.8 Å². The third-order valence-corrected chi connectivity index (χ3v) is 5.91. The third-order valence-electron chi connectivity index (χ3n) is 5.91. The summed E-state index contributed by atoms with van der Waals surface area (Å²) in [5.74, 6) is 0.997. The molecule has 0 atom stereocenters. The summed E-state index contributed by atoms with van der Waals surface area (Å²) in [4.78, 5) is 26.8. The Hall–Kier alpha value is -2.82. The summed E-state index contributed by atoms with van der Waals surface area (Å²) >= 11 is 0. The first-order chi connectivity index (χ1) is 14.0. The largest absolute Gasteiger partial charge is 0.497 e. The van der Waals surface area contributed by atoms with Crippen LogP contribution in [-0.2, 0) is 21.4 Å². The number of nitrogens with zero attached hydrogens (tertiary/aromatic N) is 1. The highest BCUT2D eigenvalue weighted by molar-refractivity contribution is 5.88. The number of piperidine rings is 1. The fraction of sp³-hybridized carbons (Fsp3) is 0.417. The Kier molecular flexibility index (Phi) is 6.91. The second kappa shape index (κ2) is 9.59. The zero-order valence-corrected chi connectivity index (χ0v) is 17.3. The van der Waals surface area contributed by atoms with E-state index >= 15 is 0 Å². The first kappa shape index (κ1) is 20.9. The van der Waals surface area contributed by atoms with E-state index in [2.05, 4.69) is 17.4 Å². The van der Waals surface area contributed by atoms with Crippen molar-refractivity contribution >= 4 is 11.8 Å². The van der Waals surface area contributed by atoms with E-state index in [1.54, 1.807) is 14.0 Å². The molecule has 5 heteroatoms. The lowest BCUT2D eigenvalue weighted by atomic mass is 9.72. The number of carbonyl (C=O) groups is 2. The average molecular weight is 395 g/mol. The van der Waals surface area contributed by atoms with Gasteiger partial charge in [-0.3, -0.25) is 9.59 Å². The van der Waals surface area contributed by atoms with Crippen LogP contribution in [0.3, 0.4) is 0 Å². The molecule has 2 aromatic rings. The van der Waals surface area contributed by atoms with E-state index in [0.29, 0.717) is 32.5 Å². The van der Waals surface area contributed by atoms with Crippen LogP contribution < -0.4 is 10.1 Å². The lowest BCUT2D eigenvalue weighted by Gasteiger charge is -2.40. The zero-order valence-electron chi connectivity index (χ0n) is 17.3. The molecule has 29 heavy (non-hydrogen) atoms. The minimum absolute atomic E-state index is 0.0710. The molecule has 0 aliphatic carbocycles. The topological polar surface area (TPSA) is 58.6 Å². The number of aryl methyl sites for hydroxylation is 1. The molecule has 1 aliphatic heterocycles. The maximum Gasteiger partial charge on any atom is 0.230 e. The van der Waals surface area contributed by atoms with Gasteiger partial charge >= 0.3 is 0 Å². The van der Waals surface area contributed by atoms with Crippen LogP contribution in [0.2, 0.25) is 0 Å².